The van der Waals surface area contributed by atoms with Gasteiger partial charge in [0.15, 0.2) is 5.76 Å². The van der Waals surface area contributed by atoms with E-state index in [1.54, 1.807) is 17.0 Å². The number of carbonyl (C=O) groups is 1. The maximum absolute atomic E-state index is 12.4. The number of furan rings is 1. The van der Waals surface area contributed by atoms with Crippen LogP contribution >= 0.6 is 11.3 Å². The Labute approximate surface area is 184 Å². The smallest absolute Gasteiger partial charge is 0.289 e. The van der Waals surface area contributed by atoms with Gasteiger partial charge in [-0.3, -0.25) is 9.69 Å². The number of carbonyl (C=O) groups excluding carboxylic acids is 1. The number of nitriles is 1. The topological polar surface area (TPSA) is 93.6 Å². The molecule has 3 aromatic rings. The first-order chi connectivity index (χ1) is 15.0. The average Bonchev–Trinajstić information content (AvgIpc) is 3.48. The Hall–Kier alpha value is -3.41. The third kappa shape index (κ3) is 4.68. The van der Waals surface area contributed by atoms with Crippen molar-refractivity contribution in [3.05, 3.63) is 70.1 Å². The van der Waals surface area contributed by atoms with Crippen LogP contribution in [0.25, 0.3) is 16.8 Å². The summed E-state index contributed by atoms with van der Waals surface area (Å²) in [5.41, 5.74) is 3.12. The van der Waals surface area contributed by atoms with Crippen molar-refractivity contribution in [2.45, 2.75) is 6.92 Å². The van der Waals surface area contributed by atoms with Crippen LogP contribution in [0.2, 0.25) is 0 Å². The van der Waals surface area contributed by atoms with Crippen molar-refractivity contribution in [2.75, 3.05) is 32.7 Å². The molecule has 0 spiro atoms. The van der Waals surface area contributed by atoms with Gasteiger partial charge in [0.2, 0.25) is 0 Å². The number of aliphatic hydroxyl groups is 1. The third-order valence-corrected chi connectivity index (χ3v) is 6.09. The fraction of sp³-hybridized carbons (Fsp3) is 0.261. The Morgan fingerprint density at radius 2 is 1.97 bits per heavy atom. The summed E-state index contributed by atoms with van der Waals surface area (Å²) in [6.45, 7) is 4.53. The minimum absolute atomic E-state index is 0.00174. The summed E-state index contributed by atoms with van der Waals surface area (Å²) in [5, 5.41) is 22.7. The number of rotatable bonds is 5. The quantitative estimate of drug-likeness (QED) is 0.483. The molecule has 1 aromatic carbocycles. The molecule has 1 aliphatic rings. The van der Waals surface area contributed by atoms with Crippen molar-refractivity contribution in [3.8, 4) is 17.3 Å². The van der Waals surface area contributed by atoms with E-state index < -0.39 is 0 Å². The summed E-state index contributed by atoms with van der Waals surface area (Å²) < 4.78 is 5.18. The summed E-state index contributed by atoms with van der Waals surface area (Å²) in [5.74, 6) is 0.197. The molecule has 1 aliphatic heterocycles. The van der Waals surface area contributed by atoms with E-state index in [0.717, 1.165) is 11.3 Å². The molecule has 0 unspecified atom stereocenters. The van der Waals surface area contributed by atoms with E-state index in [2.05, 4.69) is 11.1 Å². The number of piperazine rings is 1. The number of amides is 1. The normalized spacial score (nSPS) is 15.4. The largest absolute Gasteiger partial charge is 0.509 e. The number of hydrogen-bond acceptors (Lipinski definition) is 7. The van der Waals surface area contributed by atoms with Crippen LogP contribution in [0, 0.1) is 18.3 Å². The second kappa shape index (κ2) is 9.16. The number of aromatic nitrogens is 1. The molecular formula is C23H22N4O3S. The first-order valence-corrected chi connectivity index (χ1v) is 10.8. The van der Waals surface area contributed by atoms with E-state index in [1.807, 2.05) is 41.5 Å². The molecule has 31 heavy (non-hydrogen) atoms. The highest BCUT2D eigenvalue weighted by molar-refractivity contribution is 7.11. The highest BCUT2D eigenvalue weighted by Crippen LogP contribution is 2.27. The van der Waals surface area contributed by atoms with Crippen LogP contribution < -0.4 is 0 Å². The van der Waals surface area contributed by atoms with Crippen molar-refractivity contribution in [1.82, 2.24) is 14.8 Å². The molecule has 0 aliphatic carbocycles. The van der Waals surface area contributed by atoms with Gasteiger partial charge in [0, 0.05) is 37.1 Å². The molecule has 7 nitrogen and oxygen atoms in total. The van der Waals surface area contributed by atoms with E-state index >= 15 is 0 Å². The van der Waals surface area contributed by atoms with Gasteiger partial charge in [0.05, 0.1) is 18.5 Å². The zero-order valence-electron chi connectivity index (χ0n) is 17.1. The summed E-state index contributed by atoms with van der Waals surface area (Å²) in [7, 11) is 0. The van der Waals surface area contributed by atoms with E-state index in [1.165, 1.54) is 23.2 Å². The van der Waals surface area contributed by atoms with Gasteiger partial charge in [0.1, 0.15) is 22.4 Å². The van der Waals surface area contributed by atoms with Gasteiger partial charge in [-0.05, 0) is 19.1 Å². The Balaban J connectivity index is 1.41. The number of aryl methyl sites for hydroxylation is 1. The summed E-state index contributed by atoms with van der Waals surface area (Å²) in [6, 6.07) is 13.5. The van der Waals surface area contributed by atoms with E-state index in [4.69, 9.17) is 4.42 Å². The molecule has 1 amide bonds. The van der Waals surface area contributed by atoms with Gasteiger partial charge >= 0.3 is 0 Å². The standard InChI is InChI=1S/C23H22N4O3S/c1-16-4-6-17(7-5-16)19-15-31-22(25-19)18(13-24)20(28)14-26-8-10-27(11-9-26)23(29)21-3-2-12-30-21/h2-7,12,15,28H,8-11,14H2,1H3/b20-18+. The second-order valence-corrected chi connectivity index (χ2v) is 8.24. The van der Waals surface area contributed by atoms with Crippen LogP contribution in [-0.4, -0.2) is 58.5 Å². The van der Waals surface area contributed by atoms with Crippen molar-refractivity contribution in [2.24, 2.45) is 0 Å². The minimum atomic E-state index is -0.131. The predicted molar refractivity (Wildman–Crippen MR) is 119 cm³/mol. The van der Waals surface area contributed by atoms with Crippen molar-refractivity contribution < 1.29 is 14.3 Å². The number of benzene rings is 1. The van der Waals surface area contributed by atoms with Crippen molar-refractivity contribution in [3.63, 3.8) is 0 Å². The highest BCUT2D eigenvalue weighted by Gasteiger charge is 2.25. The fourth-order valence-electron chi connectivity index (χ4n) is 3.44. The molecule has 1 fully saturated rings. The highest BCUT2D eigenvalue weighted by atomic mass is 32.1. The second-order valence-electron chi connectivity index (χ2n) is 7.38. The SMILES string of the molecule is Cc1ccc(-c2csc(/C(C#N)=C(/O)CN3CCN(C(=O)c4ccco4)CC3)n2)cc1. The monoisotopic (exact) mass is 434 g/mol. The maximum Gasteiger partial charge on any atom is 0.289 e. The molecule has 4 rings (SSSR count). The van der Waals surface area contributed by atoms with Crippen LogP contribution in [0.4, 0.5) is 0 Å². The van der Waals surface area contributed by atoms with E-state index in [9.17, 15) is 15.2 Å². The molecule has 0 saturated carbocycles. The molecule has 3 heterocycles. The zero-order valence-corrected chi connectivity index (χ0v) is 17.9. The molecule has 0 bridgehead atoms. The fourth-order valence-corrected chi connectivity index (χ4v) is 4.28. The zero-order chi connectivity index (χ0) is 21.8. The Kier molecular flexibility index (Phi) is 6.16. The first kappa shape index (κ1) is 20.8. The number of allylic oxidation sites excluding steroid dienone is 1. The lowest BCUT2D eigenvalue weighted by atomic mass is 10.1. The number of aliphatic hydroxyl groups excluding tert-OH is 1. The number of thiazole rings is 1. The number of nitrogens with zero attached hydrogens (tertiary/aromatic N) is 4. The Bertz CT molecular complexity index is 1120. The van der Waals surface area contributed by atoms with Crippen LogP contribution in [0.1, 0.15) is 21.1 Å². The van der Waals surface area contributed by atoms with Crippen LogP contribution in [0.3, 0.4) is 0 Å². The van der Waals surface area contributed by atoms with Crippen molar-refractivity contribution >= 4 is 22.8 Å². The van der Waals surface area contributed by atoms with Gasteiger partial charge in [-0.25, -0.2) is 4.98 Å². The van der Waals surface area contributed by atoms with Gasteiger partial charge in [-0.2, -0.15) is 5.26 Å². The predicted octanol–water partition coefficient (Wildman–Crippen LogP) is 3.96. The lowest BCUT2D eigenvalue weighted by Gasteiger charge is -2.34. The molecule has 2 aromatic heterocycles. The van der Waals surface area contributed by atoms with Crippen LogP contribution in [-0.2, 0) is 0 Å². The minimum Gasteiger partial charge on any atom is -0.509 e. The molecule has 1 N–H and O–H groups in total. The third-order valence-electron chi connectivity index (χ3n) is 5.23. The lowest BCUT2D eigenvalue weighted by molar-refractivity contribution is 0.0607. The summed E-state index contributed by atoms with van der Waals surface area (Å²) >= 11 is 1.34. The Morgan fingerprint density at radius 1 is 1.23 bits per heavy atom. The molecule has 1 saturated heterocycles. The van der Waals surface area contributed by atoms with Gasteiger partial charge in [-0.1, -0.05) is 29.8 Å². The van der Waals surface area contributed by atoms with Gasteiger partial charge < -0.3 is 14.4 Å². The van der Waals surface area contributed by atoms with E-state index in [-0.39, 0.29) is 23.8 Å². The Morgan fingerprint density at radius 3 is 2.61 bits per heavy atom. The van der Waals surface area contributed by atoms with Crippen LogP contribution in [0.15, 0.2) is 58.2 Å². The molecule has 158 valence electrons. The van der Waals surface area contributed by atoms with Crippen LogP contribution in [0.5, 0.6) is 0 Å². The lowest BCUT2D eigenvalue weighted by Crippen LogP contribution is -2.49. The average molecular weight is 435 g/mol. The number of hydrogen-bond donors (Lipinski definition) is 1. The van der Waals surface area contributed by atoms with E-state index in [0.29, 0.717) is 36.9 Å². The molecule has 0 radical (unpaired) electrons. The van der Waals surface area contributed by atoms with Gasteiger partial charge in [-0.15, -0.1) is 11.3 Å². The molecular weight excluding hydrogens is 412 g/mol. The van der Waals surface area contributed by atoms with Gasteiger partial charge in [0.25, 0.3) is 5.91 Å². The first-order valence-electron chi connectivity index (χ1n) is 9.95. The molecule has 8 heteroatoms. The maximum atomic E-state index is 12.4. The molecule has 0 atom stereocenters. The summed E-state index contributed by atoms with van der Waals surface area (Å²) in [6.07, 6.45) is 1.48. The van der Waals surface area contributed by atoms with Crippen molar-refractivity contribution in [1.29, 1.82) is 5.26 Å². The summed E-state index contributed by atoms with van der Waals surface area (Å²) in [4.78, 5) is 20.7.